The summed E-state index contributed by atoms with van der Waals surface area (Å²) in [5, 5.41) is 7.71. The molecule has 0 radical (unpaired) electrons. The number of alkyl halides is 2. The summed E-state index contributed by atoms with van der Waals surface area (Å²) in [6.45, 7) is 0. The van der Waals surface area contributed by atoms with Gasteiger partial charge in [0.25, 0.3) is 5.91 Å². The van der Waals surface area contributed by atoms with Gasteiger partial charge in [-0.15, -0.1) is 23.2 Å². The number of halogens is 5. The van der Waals surface area contributed by atoms with E-state index in [2.05, 4.69) is 15.6 Å². The highest BCUT2D eigenvalue weighted by molar-refractivity contribution is 6.53. The summed E-state index contributed by atoms with van der Waals surface area (Å²) < 4.78 is -1.32. The number of amides is 2. The predicted molar refractivity (Wildman–Crippen MR) is 143 cm³/mol. The molecule has 1 saturated carbocycles. The standard InChI is InChI=1S/C25H16Cl5N3O2/c26-14-7-13(8-15(27)9-14)21-22(25(21,29)30)24(35)33-16-3-4-19(28)18(10-16)23(34)32-17-2-1-12-5-6-31-20(12)11-17/h1-11,21-22,31H,(H,32,34)(H,33,35). The molecule has 1 aromatic heterocycles. The molecule has 35 heavy (non-hydrogen) atoms. The minimum absolute atomic E-state index is 0.202. The van der Waals surface area contributed by atoms with Gasteiger partial charge in [0.2, 0.25) is 5.91 Å². The van der Waals surface area contributed by atoms with Gasteiger partial charge in [-0.2, -0.15) is 0 Å². The van der Waals surface area contributed by atoms with Crippen molar-refractivity contribution in [3.8, 4) is 0 Å². The number of carbonyl (C=O) groups is 2. The molecule has 3 aromatic carbocycles. The minimum Gasteiger partial charge on any atom is -0.361 e. The van der Waals surface area contributed by atoms with Crippen LogP contribution in [0.15, 0.2) is 66.9 Å². The molecule has 5 rings (SSSR count). The van der Waals surface area contributed by atoms with Gasteiger partial charge in [0.15, 0.2) is 0 Å². The molecular formula is C25H16Cl5N3O2. The van der Waals surface area contributed by atoms with Crippen LogP contribution in [0.4, 0.5) is 11.4 Å². The predicted octanol–water partition coefficient (Wildman–Crippen LogP) is 7.91. The van der Waals surface area contributed by atoms with Crippen LogP contribution in [0.1, 0.15) is 21.8 Å². The molecule has 0 saturated heterocycles. The van der Waals surface area contributed by atoms with Gasteiger partial charge in [-0.1, -0.05) is 40.9 Å². The van der Waals surface area contributed by atoms with Crippen molar-refractivity contribution in [3.63, 3.8) is 0 Å². The Kier molecular flexibility index (Phi) is 6.41. The van der Waals surface area contributed by atoms with Gasteiger partial charge in [-0.25, -0.2) is 0 Å². The van der Waals surface area contributed by atoms with Crippen molar-refractivity contribution in [2.24, 2.45) is 5.92 Å². The van der Waals surface area contributed by atoms with E-state index < -0.39 is 28.0 Å². The number of rotatable bonds is 5. The van der Waals surface area contributed by atoms with Crippen molar-refractivity contribution in [1.82, 2.24) is 4.98 Å². The third-order valence-electron chi connectivity index (χ3n) is 5.87. The fourth-order valence-electron chi connectivity index (χ4n) is 4.14. The van der Waals surface area contributed by atoms with Crippen molar-refractivity contribution in [2.45, 2.75) is 10.3 Å². The zero-order valence-corrected chi connectivity index (χ0v) is 21.5. The molecular weight excluding hydrogens is 552 g/mol. The zero-order valence-electron chi connectivity index (χ0n) is 17.7. The van der Waals surface area contributed by atoms with Gasteiger partial charge in [0.05, 0.1) is 16.5 Å². The Bertz CT molecular complexity index is 1460. The Morgan fingerprint density at radius 1 is 0.829 bits per heavy atom. The zero-order chi connectivity index (χ0) is 24.9. The van der Waals surface area contributed by atoms with E-state index >= 15 is 0 Å². The topological polar surface area (TPSA) is 74.0 Å². The number of carbonyl (C=O) groups excluding carboxylic acids is 2. The van der Waals surface area contributed by atoms with Crippen LogP contribution >= 0.6 is 58.0 Å². The number of hydrogen-bond donors (Lipinski definition) is 3. The molecule has 5 nitrogen and oxygen atoms in total. The molecule has 0 spiro atoms. The number of hydrogen-bond acceptors (Lipinski definition) is 2. The molecule has 2 atom stereocenters. The Labute approximate surface area is 225 Å². The molecule has 178 valence electrons. The lowest BCUT2D eigenvalue weighted by Gasteiger charge is -2.10. The monoisotopic (exact) mass is 565 g/mol. The highest BCUT2D eigenvalue weighted by atomic mass is 35.5. The fraction of sp³-hybridized carbons (Fsp3) is 0.120. The molecule has 10 heteroatoms. The SMILES string of the molecule is O=C(Nc1ccc2cc[nH]c2c1)c1cc(NC(=O)C2C(c3cc(Cl)cc(Cl)c3)C2(Cl)Cl)ccc1Cl. The number of aromatic nitrogens is 1. The van der Waals surface area contributed by atoms with E-state index in [1.54, 1.807) is 30.3 Å². The molecule has 0 aliphatic heterocycles. The summed E-state index contributed by atoms with van der Waals surface area (Å²) in [4.78, 5) is 29.0. The lowest BCUT2D eigenvalue weighted by Crippen LogP contribution is -2.18. The number of nitrogens with one attached hydrogen (secondary N) is 3. The van der Waals surface area contributed by atoms with Gasteiger partial charge >= 0.3 is 0 Å². The average molecular weight is 568 g/mol. The first-order chi connectivity index (χ1) is 16.6. The molecule has 1 heterocycles. The maximum atomic E-state index is 13.0. The van der Waals surface area contributed by atoms with Gasteiger partial charge in [0, 0.05) is 39.1 Å². The third-order valence-corrected chi connectivity index (χ3v) is 7.58. The number of fused-ring (bicyclic) bond motifs is 1. The third kappa shape index (κ3) is 4.84. The van der Waals surface area contributed by atoms with Gasteiger partial charge < -0.3 is 15.6 Å². The lowest BCUT2D eigenvalue weighted by atomic mass is 10.1. The number of aromatic amines is 1. The Balaban J connectivity index is 1.33. The molecule has 4 aromatic rings. The van der Waals surface area contributed by atoms with Crippen molar-refractivity contribution < 1.29 is 9.59 Å². The minimum atomic E-state index is -1.32. The molecule has 1 fully saturated rings. The second kappa shape index (κ2) is 9.23. The van der Waals surface area contributed by atoms with Crippen molar-refractivity contribution in [2.75, 3.05) is 10.6 Å². The summed E-state index contributed by atoms with van der Waals surface area (Å²) in [6.07, 6.45) is 1.82. The summed E-state index contributed by atoms with van der Waals surface area (Å²) in [7, 11) is 0. The van der Waals surface area contributed by atoms with Crippen LogP contribution in [0.3, 0.4) is 0 Å². The molecule has 3 N–H and O–H groups in total. The largest absolute Gasteiger partial charge is 0.361 e. The summed E-state index contributed by atoms with van der Waals surface area (Å²) in [5.41, 5.74) is 2.74. The smallest absolute Gasteiger partial charge is 0.257 e. The Hall–Kier alpha value is -2.41. The van der Waals surface area contributed by atoms with Crippen LogP contribution < -0.4 is 10.6 Å². The molecule has 0 bridgehead atoms. The lowest BCUT2D eigenvalue weighted by molar-refractivity contribution is -0.117. The Morgan fingerprint density at radius 3 is 2.26 bits per heavy atom. The van der Waals surface area contributed by atoms with Crippen LogP contribution in [0.25, 0.3) is 10.9 Å². The van der Waals surface area contributed by atoms with E-state index in [4.69, 9.17) is 58.0 Å². The van der Waals surface area contributed by atoms with Crippen LogP contribution in [0.2, 0.25) is 15.1 Å². The molecule has 1 aliphatic carbocycles. The summed E-state index contributed by atoms with van der Waals surface area (Å²) in [6, 6.07) is 17.0. The van der Waals surface area contributed by atoms with E-state index in [-0.39, 0.29) is 10.6 Å². The summed E-state index contributed by atoms with van der Waals surface area (Å²) in [5.74, 6) is -2.04. The van der Waals surface area contributed by atoms with Crippen molar-refractivity contribution >= 4 is 92.1 Å². The second-order valence-corrected chi connectivity index (χ2v) is 11.0. The van der Waals surface area contributed by atoms with Crippen molar-refractivity contribution in [3.05, 3.63) is 93.1 Å². The van der Waals surface area contributed by atoms with E-state index in [0.717, 1.165) is 10.9 Å². The maximum Gasteiger partial charge on any atom is 0.257 e. The molecule has 1 aliphatic rings. The summed E-state index contributed by atoms with van der Waals surface area (Å²) >= 11 is 31.3. The van der Waals surface area contributed by atoms with Crippen LogP contribution in [0.5, 0.6) is 0 Å². The highest BCUT2D eigenvalue weighted by Gasteiger charge is 2.67. The first-order valence-electron chi connectivity index (χ1n) is 10.5. The van der Waals surface area contributed by atoms with Crippen LogP contribution in [0, 0.1) is 5.92 Å². The van der Waals surface area contributed by atoms with Gasteiger partial charge in [-0.3, -0.25) is 9.59 Å². The van der Waals surface area contributed by atoms with E-state index in [1.807, 2.05) is 24.4 Å². The average Bonchev–Trinajstić information content (AvgIpc) is 3.11. The quantitative estimate of drug-likeness (QED) is 0.215. The second-order valence-electron chi connectivity index (χ2n) is 8.25. The normalized spacial score (nSPS) is 18.3. The molecule has 2 unspecified atom stereocenters. The highest BCUT2D eigenvalue weighted by Crippen LogP contribution is 2.65. The van der Waals surface area contributed by atoms with Crippen LogP contribution in [-0.2, 0) is 4.79 Å². The first-order valence-corrected chi connectivity index (χ1v) is 12.3. The van der Waals surface area contributed by atoms with E-state index in [1.165, 1.54) is 12.1 Å². The van der Waals surface area contributed by atoms with Gasteiger partial charge in [0.1, 0.15) is 4.33 Å². The first kappa shape index (κ1) is 24.3. The van der Waals surface area contributed by atoms with Crippen molar-refractivity contribution in [1.29, 1.82) is 0 Å². The fourth-order valence-corrected chi connectivity index (χ4v) is 5.72. The molecule has 2 amide bonds. The maximum absolute atomic E-state index is 13.0. The number of H-pyrrole nitrogens is 1. The number of benzene rings is 3. The van der Waals surface area contributed by atoms with E-state index in [0.29, 0.717) is 27.0 Å². The van der Waals surface area contributed by atoms with E-state index in [9.17, 15) is 9.59 Å². The number of anilines is 2. The van der Waals surface area contributed by atoms with Gasteiger partial charge in [-0.05, 0) is 65.5 Å². The van der Waals surface area contributed by atoms with Crippen LogP contribution in [-0.4, -0.2) is 21.1 Å². The Morgan fingerprint density at radius 2 is 1.51 bits per heavy atom.